The first-order valence-electron chi connectivity index (χ1n) is 10.8. The average molecular weight is 550 g/mol. The molecule has 0 radical (unpaired) electrons. The molecule has 2 rings (SSSR count). The molecule has 0 unspecified atom stereocenters. The molecule has 35 heavy (non-hydrogen) atoms. The maximum Gasteiger partial charge on any atom is 0.244 e. The molecule has 1 N–H and O–H groups in total. The van der Waals surface area contributed by atoms with E-state index in [1.165, 1.54) is 4.90 Å². The van der Waals surface area contributed by atoms with Crippen molar-refractivity contribution >= 4 is 50.7 Å². The van der Waals surface area contributed by atoms with Gasteiger partial charge in [-0.1, -0.05) is 43.1 Å². The Kier molecular flexibility index (Phi) is 10.3. The van der Waals surface area contributed by atoms with Crippen molar-refractivity contribution in [3.8, 4) is 0 Å². The number of nitrogens with one attached hydrogen (secondary N) is 1. The lowest BCUT2D eigenvalue weighted by atomic mass is 10.1. The van der Waals surface area contributed by atoms with E-state index >= 15 is 0 Å². The van der Waals surface area contributed by atoms with Crippen molar-refractivity contribution in [3.63, 3.8) is 0 Å². The Morgan fingerprint density at radius 2 is 1.71 bits per heavy atom. The van der Waals surface area contributed by atoms with Gasteiger partial charge in [-0.05, 0) is 42.7 Å². The van der Waals surface area contributed by atoms with Crippen LogP contribution in [0.15, 0.2) is 36.4 Å². The lowest BCUT2D eigenvalue weighted by Crippen LogP contribution is -2.52. The van der Waals surface area contributed by atoms with Crippen molar-refractivity contribution in [1.82, 2.24) is 10.2 Å². The van der Waals surface area contributed by atoms with Gasteiger partial charge < -0.3 is 10.2 Å². The molecule has 0 spiro atoms. The molecule has 0 aliphatic heterocycles. The number of nitrogens with zero attached hydrogens (tertiary/aromatic N) is 2. The first-order valence-corrected chi connectivity index (χ1v) is 13.4. The van der Waals surface area contributed by atoms with Gasteiger partial charge in [0.05, 0.1) is 22.0 Å². The quantitative estimate of drug-likeness (QED) is 0.450. The molecule has 192 valence electrons. The summed E-state index contributed by atoms with van der Waals surface area (Å²) < 4.78 is 52.8. The molecule has 1 atom stereocenters. The molecule has 0 aliphatic rings. The fraction of sp³-hybridized carbons (Fsp3) is 0.391. The van der Waals surface area contributed by atoms with Gasteiger partial charge in [0, 0.05) is 19.2 Å². The van der Waals surface area contributed by atoms with E-state index in [9.17, 15) is 26.8 Å². The lowest BCUT2D eigenvalue weighted by molar-refractivity contribution is -0.140. The maximum absolute atomic E-state index is 13.8. The van der Waals surface area contributed by atoms with Crippen molar-refractivity contribution in [3.05, 3.63) is 63.6 Å². The number of rotatable bonds is 11. The topological polar surface area (TPSA) is 86.8 Å². The number of amides is 2. The van der Waals surface area contributed by atoms with Crippen molar-refractivity contribution < 1.29 is 26.8 Å². The second-order valence-corrected chi connectivity index (χ2v) is 10.6. The van der Waals surface area contributed by atoms with Gasteiger partial charge >= 0.3 is 0 Å². The summed E-state index contributed by atoms with van der Waals surface area (Å²) >= 11 is 12.1. The summed E-state index contributed by atoms with van der Waals surface area (Å²) in [6.07, 6.45) is 1.77. The molecule has 0 saturated heterocycles. The van der Waals surface area contributed by atoms with Crippen LogP contribution in [0.3, 0.4) is 0 Å². The zero-order chi connectivity index (χ0) is 26.3. The summed E-state index contributed by atoms with van der Waals surface area (Å²) in [5, 5.41) is 3.31. The maximum atomic E-state index is 13.8. The highest BCUT2D eigenvalue weighted by Gasteiger charge is 2.32. The van der Waals surface area contributed by atoms with E-state index in [-0.39, 0.29) is 23.7 Å². The van der Waals surface area contributed by atoms with Gasteiger partial charge in [-0.3, -0.25) is 13.9 Å². The Morgan fingerprint density at radius 3 is 2.26 bits per heavy atom. The summed E-state index contributed by atoms with van der Waals surface area (Å²) in [5.74, 6) is -3.54. The standard InChI is InChI=1S/C23H27Cl2F2N3O4S/c1-4-10-28-23(32)21(5-2)29(13-15-6-8-17(24)18(25)11-15)22(31)14-30(35(3,33)34)16-7-9-19(26)20(27)12-16/h6-9,11-12,21H,4-5,10,13-14H2,1-3H3,(H,28,32)/t21-/m1/s1. The van der Waals surface area contributed by atoms with E-state index in [0.29, 0.717) is 33.9 Å². The zero-order valence-corrected chi connectivity index (χ0v) is 21.9. The third kappa shape index (κ3) is 7.78. The largest absolute Gasteiger partial charge is 0.354 e. The van der Waals surface area contributed by atoms with E-state index in [1.807, 2.05) is 6.92 Å². The van der Waals surface area contributed by atoms with Gasteiger partial charge in [0.2, 0.25) is 21.8 Å². The summed E-state index contributed by atoms with van der Waals surface area (Å²) in [6, 6.07) is 6.33. The van der Waals surface area contributed by atoms with Gasteiger partial charge in [0.25, 0.3) is 0 Å². The van der Waals surface area contributed by atoms with Crippen LogP contribution in [0.5, 0.6) is 0 Å². The molecule has 2 aromatic carbocycles. The zero-order valence-electron chi connectivity index (χ0n) is 19.5. The van der Waals surface area contributed by atoms with Gasteiger partial charge in [0.15, 0.2) is 11.6 Å². The molecule has 0 fully saturated rings. The van der Waals surface area contributed by atoms with Gasteiger partial charge in [-0.2, -0.15) is 0 Å². The number of hydrogen-bond donors (Lipinski definition) is 1. The predicted molar refractivity (Wildman–Crippen MR) is 133 cm³/mol. The van der Waals surface area contributed by atoms with Crippen LogP contribution >= 0.6 is 23.2 Å². The van der Waals surface area contributed by atoms with E-state index in [2.05, 4.69) is 5.32 Å². The number of anilines is 1. The Hall–Kier alpha value is -2.43. The third-order valence-corrected chi connectivity index (χ3v) is 7.02. The summed E-state index contributed by atoms with van der Waals surface area (Å²) in [4.78, 5) is 27.6. The van der Waals surface area contributed by atoms with Crippen LogP contribution < -0.4 is 9.62 Å². The van der Waals surface area contributed by atoms with E-state index in [0.717, 1.165) is 18.4 Å². The van der Waals surface area contributed by atoms with Crippen LogP contribution in [0, 0.1) is 11.6 Å². The second-order valence-electron chi connectivity index (χ2n) is 7.85. The Balaban J connectivity index is 2.46. The fourth-order valence-electron chi connectivity index (χ4n) is 3.37. The normalized spacial score (nSPS) is 12.2. The molecule has 0 saturated carbocycles. The summed E-state index contributed by atoms with van der Waals surface area (Å²) in [5.41, 5.74) is 0.339. The number of sulfonamides is 1. The first-order chi connectivity index (χ1) is 16.4. The minimum Gasteiger partial charge on any atom is -0.354 e. The molecule has 0 aliphatic carbocycles. The molecule has 7 nitrogen and oxygen atoms in total. The molecule has 0 heterocycles. The average Bonchev–Trinajstić information content (AvgIpc) is 2.79. The van der Waals surface area contributed by atoms with Crippen LogP contribution in [-0.2, 0) is 26.2 Å². The summed E-state index contributed by atoms with van der Waals surface area (Å²) in [7, 11) is -4.07. The van der Waals surface area contributed by atoms with E-state index < -0.39 is 46.1 Å². The van der Waals surface area contributed by atoms with E-state index in [4.69, 9.17) is 23.2 Å². The monoisotopic (exact) mass is 549 g/mol. The van der Waals surface area contributed by atoms with Crippen LogP contribution in [0.4, 0.5) is 14.5 Å². The number of halogens is 4. The molecule has 0 aromatic heterocycles. The highest BCUT2D eigenvalue weighted by Crippen LogP contribution is 2.25. The Bertz CT molecular complexity index is 1180. The van der Waals surface area contributed by atoms with Crippen molar-refractivity contribution in [2.75, 3.05) is 23.7 Å². The van der Waals surface area contributed by atoms with Gasteiger partial charge in [-0.15, -0.1) is 0 Å². The lowest BCUT2D eigenvalue weighted by Gasteiger charge is -2.33. The minimum atomic E-state index is -4.07. The predicted octanol–water partition coefficient (Wildman–Crippen LogP) is 4.37. The number of carbonyl (C=O) groups is 2. The second kappa shape index (κ2) is 12.5. The Labute approximate surface area is 214 Å². The van der Waals surface area contributed by atoms with Crippen LogP contribution in [-0.4, -0.2) is 50.5 Å². The van der Waals surface area contributed by atoms with Gasteiger partial charge in [-0.25, -0.2) is 17.2 Å². The number of carbonyl (C=O) groups excluding carboxylic acids is 2. The Morgan fingerprint density at radius 1 is 1.03 bits per heavy atom. The number of hydrogen-bond acceptors (Lipinski definition) is 4. The van der Waals surface area contributed by atoms with Crippen LogP contribution in [0.2, 0.25) is 10.0 Å². The molecule has 2 amide bonds. The molecular formula is C23H27Cl2F2N3O4S. The van der Waals surface area contributed by atoms with Crippen molar-refractivity contribution in [2.24, 2.45) is 0 Å². The molecular weight excluding hydrogens is 523 g/mol. The molecule has 0 bridgehead atoms. The van der Waals surface area contributed by atoms with Crippen LogP contribution in [0.1, 0.15) is 32.3 Å². The molecule has 12 heteroatoms. The minimum absolute atomic E-state index is 0.0663. The third-order valence-electron chi connectivity index (χ3n) is 5.14. The van der Waals surface area contributed by atoms with Crippen molar-refractivity contribution in [1.29, 1.82) is 0 Å². The smallest absolute Gasteiger partial charge is 0.244 e. The van der Waals surface area contributed by atoms with E-state index in [1.54, 1.807) is 25.1 Å². The van der Waals surface area contributed by atoms with Gasteiger partial charge in [0.1, 0.15) is 12.6 Å². The highest BCUT2D eigenvalue weighted by atomic mass is 35.5. The SMILES string of the molecule is CCCNC(=O)[C@@H](CC)N(Cc1ccc(Cl)c(Cl)c1)C(=O)CN(c1ccc(F)c(F)c1)S(C)(=O)=O. The summed E-state index contributed by atoms with van der Waals surface area (Å²) in [6.45, 7) is 3.20. The number of benzene rings is 2. The molecule has 2 aromatic rings. The highest BCUT2D eigenvalue weighted by molar-refractivity contribution is 7.92. The first kappa shape index (κ1) is 28.8. The fourth-order valence-corrected chi connectivity index (χ4v) is 4.54. The van der Waals surface area contributed by atoms with Crippen LogP contribution in [0.25, 0.3) is 0 Å². The van der Waals surface area contributed by atoms with Crippen molar-refractivity contribution in [2.45, 2.75) is 39.3 Å².